The van der Waals surface area contributed by atoms with Crippen molar-refractivity contribution in [3.8, 4) is 0 Å². The number of rotatable bonds is 5. The molecule has 6 nitrogen and oxygen atoms in total. The van der Waals surface area contributed by atoms with Crippen LogP contribution in [0.2, 0.25) is 0 Å². The largest absolute Gasteiger partial charge is 0.464 e. The van der Waals surface area contributed by atoms with Crippen LogP contribution in [0.5, 0.6) is 0 Å². The van der Waals surface area contributed by atoms with Crippen molar-refractivity contribution in [2.24, 2.45) is 11.8 Å². The number of amides is 2. The van der Waals surface area contributed by atoms with Gasteiger partial charge in [-0.3, -0.25) is 14.5 Å². The highest BCUT2D eigenvalue weighted by atomic mass is 32.2. The van der Waals surface area contributed by atoms with Gasteiger partial charge in [-0.15, -0.1) is 0 Å². The van der Waals surface area contributed by atoms with Gasteiger partial charge in [-0.1, -0.05) is 24.3 Å². The molecule has 7 heteroatoms. The van der Waals surface area contributed by atoms with Crippen LogP contribution >= 0.6 is 11.8 Å². The van der Waals surface area contributed by atoms with Gasteiger partial charge in [0.2, 0.25) is 17.4 Å². The van der Waals surface area contributed by atoms with E-state index in [9.17, 15) is 14.4 Å². The lowest BCUT2D eigenvalue weighted by Gasteiger charge is -2.28. The van der Waals surface area contributed by atoms with Gasteiger partial charge >= 0.3 is 5.97 Å². The first kappa shape index (κ1) is 18.9. The van der Waals surface area contributed by atoms with Crippen LogP contribution in [0.25, 0.3) is 0 Å². The SMILES string of the molecule is COC(=O)[C@@]1(CCSC)[NH2+][C@@H](c2ccccc2C)[C@H]2C(=O)N(C)C(=O)[C@H]21. The van der Waals surface area contributed by atoms with E-state index in [1.54, 1.807) is 11.8 Å². The molecular formula is C19H25N2O4S+. The lowest BCUT2D eigenvalue weighted by Crippen LogP contribution is -2.98. The van der Waals surface area contributed by atoms with Crippen LogP contribution in [0.15, 0.2) is 24.3 Å². The molecule has 4 atom stereocenters. The molecule has 1 aromatic carbocycles. The van der Waals surface area contributed by atoms with Crippen molar-refractivity contribution >= 4 is 29.5 Å². The van der Waals surface area contributed by atoms with Crippen molar-refractivity contribution in [2.75, 3.05) is 26.2 Å². The van der Waals surface area contributed by atoms with Gasteiger partial charge in [-0.2, -0.15) is 11.8 Å². The minimum Gasteiger partial charge on any atom is -0.464 e. The van der Waals surface area contributed by atoms with Crippen molar-refractivity contribution in [3.05, 3.63) is 35.4 Å². The maximum absolute atomic E-state index is 12.9. The number of esters is 1. The number of carbonyl (C=O) groups excluding carboxylic acids is 3. The zero-order chi connectivity index (χ0) is 19.1. The number of nitrogens with zero attached hydrogens (tertiary/aromatic N) is 1. The van der Waals surface area contributed by atoms with E-state index in [0.717, 1.165) is 11.1 Å². The van der Waals surface area contributed by atoms with Crippen molar-refractivity contribution in [1.29, 1.82) is 0 Å². The minimum absolute atomic E-state index is 0.209. The zero-order valence-corrected chi connectivity index (χ0v) is 16.3. The Kier molecular flexibility index (Phi) is 5.12. The number of carbonyl (C=O) groups is 3. The molecule has 2 saturated heterocycles. The van der Waals surface area contributed by atoms with Gasteiger partial charge in [0.15, 0.2) is 0 Å². The Hall–Kier alpha value is -1.86. The fourth-order valence-electron chi connectivity index (χ4n) is 4.51. The lowest BCUT2D eigenvalue weighted by atomic mass is 9.77. The molecule has 3 rings (SSSR count). The van der Waals surface area contributed by atoms with E-state index in [4.69, 9.17) is 4.74 Å². The molecule has 2 N–H and O–H groups in total. The second-order valence-electron chi connectivity index (χ2n) is 7.06. The zero-order valence-electron chi connectivity index (χ0n) is 15.5. The molecule has 0 saturated carbocycles. The topological polar surface area (TPSA) is 80.3 Å². The van der Waals surface area contributed by atoms with E-state index in [1.807, 2.05) is 42.8 Å². The summed E-state index contributed by atoms with van der Waals surface area (Å²) in [6.45, 7) is 1.99. The van der Waals surface area contributed by atoms with E-state index < -0.39 is 23.3 Å². The highest BCUT2D eigenvalue weighted by Crippen LogP contribution is 2.46. The number of thioether (sulfide) groups is 1. The molecule has 2 heterocycles. The first-order chi connectivity index (χ1) is 12.4. The van der Waals surface area contributed by atoms with Crippen LogP contribution in [-0.4, -0.2) is 54.4 Å². The highest BCUT2D eigenvalue weighted by Gasteiger charge is 2.71. The fourth-order valence-corrected chi connectivity index (χ4v) is 5.05. The van der Waals surface area contributed by atoms with Gasteiger partial charge in [0.05, 0.1) is 7.11 Å². The van der Waals surface area contributed by atoms with Crippen molar-refractivity contribution in [3.63, 3.8) is 0 Å². The average molecular weight is 377 g/mol. The molecule has 0 aliphatic carbocycles. The number of hydrogen-bond donors (Lipinski definition) is 1. The molecule has 2 aliphatic rings. The number of likely N-dealkylation sites (tertiary alicyclic amines) is 1. The molecule has 2 fully saturated rings. The summed E-state index contributed by atoms with van der Waals surface area (Å²) in [6.07, 6.45) is 2.45. The highest BCUT2D eigenvalue weighted by molar-refractivity contribution is 7.98. The maximum Gasteiger partial charge on any atom is 0.368 e. The van der Waals surface area contributed by atoms with Gasteiger partial charge in [-0.25, -0.2) is 4.79 Å². The summed E-state index contributed by atoms with van der Waals surface area (Å²) in [5.74, 6) is -1.44. The Morgan fingerprint density at radius 3 is 2.62 bits per heavy atom. The van der Waals surface area contributed by atoms with Crippen LogP contribution in [0.1, 0.15) is 23.6 Å². The first-order valence-corrected chi connectivity index (χ1v) is 10.1. The molecule has 0 unspecified atom stereocenters. The van der Waals surface area contributed by atoms with Gasteiger partial charge in [0.1, 0.15) is 17.9 Å². The van der Waals surface area contributed by atoms with Crippen LogP contribution in [-0.2, 0) is 19.1 Å². The van der Waals surface area contributed by atoms with Crippen LogP contribution in [0.3, 0.4) is 0 Å². The van der Waals surface area contributed by atoms with Crippen LogP contribution < -0.4 is 5.32 Å². The average Bonchev–Trinajstić information content (AvgIpc) is 3.10. The fraction of sp³-hybridized carbons (Fsp3) is 0.526. The quantitative estimate of drug-likeness (QED) is 0.597. The van der Waals surface area contributed by atoms with Crippen molar-refractivity contribution in [2.45, 2.75) is 24.9 Å². The summed E-state index contributed by atoms with van der Waals surface area (Å²) in [5, 5.41) is 1.93. The Balaban J connectivity index is 2.15. The lowest BCUT2D eigenvalue weighted by molar-refractivity contribution is -0.734. The molecule has 140 valence electrons. The van der Waals surface area contributed by atoms with Crippen molar-refractivity contribution in [1.82, 2.24) is 4.90 Å². The van der Waals surface area contributed by atoms with E-state index in [-0.39, 0.29) is 17.9 Å². The molecule has 26 heavy (non-hydrogen) atoms. The van der Waals surface area contributed by atoms with Gasteiger partial charge in [0.25, 0.3) is 0 Å². The molecule has 0 radical (unpaired) electrons. The third-order valence-corrected chi connectivity index (χ3v) is 6.44. The first-order valence-electron chi connectivity index (χ1n) is 8.69. The summed E-state index contributed by atoms with van der Waals surface area (Å²) < 4.78 is 5.11. The number of quaternary nitrogens is 1. The standard InChI is InChI=1S/C19H24N2O4S/c1-11-7-5-6-8-12(11)15-13-14(17(23)21(2)16(13)22)19(20-15,9-10-26-4)18(24)25-3/h5-8,13-15,20H,9-10H2,1-4H3/p+1/t13-,14-,15-,19-/m0/s1. The minimum atomic E-state index is -1.06. The van der Waals surface area contributed by atoms with E-state index >= 15 is 0 Å². The number of imide groups is 1. The van der Waals surface area contributed by atoms with Gasteiger partial charge < -0.3 is 10.1 Å². The summed E-state index contributed by atoms with van der Waals surface area (Å²) >= 11 is 1.61. The van der Waals surface area contributed by atoms with Crippen LogP contribution in [0.4, 0.5) is 0 Å². The Labute approximate surface area is 157 Å². The number of ether oxygens (including phenoxy) is 1. The maximum atomic E-state index is 12.9. The molecule has 1 aromatic rings. The monoisotopic (exact) mass is 377 g/mol. The molecule has 0 bridgehead atoms. The van der Waals surface area contributed by atoms with E-state index in [0.29, 0.717) is 12.2 Å². The van der Waals surface area contributed by atoms with Crippen molar-refractivity contribution < 1.29 is 24.4 Å². The second kappa shape index (κ2) is 7.04. The summed E-state index contributed by atoms with van der Waals surface area (Å²) in [7, 11) is 2.85. The van der Waals surface area contributed by atoms with Crippen LogP contribution in [0, 0.1) is 18.8 Å². The predicted octanol–water partition coefficient (Wildman–Crippen LogP) is 0.509. The summed E-state index contributed by atoms with van der Waals surface area (Å²) in [6, 6.07) is 7.56. The Bertz CT molecular complexity index is 753. The molecule has 0 aromatic heterocycles. The molecule has 0 spiro atoms. The number of nitrogens with two attached hydrogens (primary N) is 1. The Morgan fingerprint density at radius 2 is 2.00 bits per heavy atom. The number of methoxy groups -OCH3 is 1. The number of benzene rings is 1. The molecular weight excluding hydrogens is 352 g/mol. The third-order valence-electron chi connectivity index (χ3n) is 5.82. The number of fused-ring (bicyclic) bond motifs is 1. The van der Waals surface area contributed by atoms with E-state index in [2.05, 4.69) is 0 Å². The van der Waals surface area contributed by atoms with E-state index in [1.165, 1.54) is 19.1 Å². The predicted molar refractivity (Wildman–Crippen MR) is 98.3 cm³/mol. The van der Waals surface area contributed by atoms with Gasteiger partial charge in [-0.05, 0) is 24.5 Å². The second-order valence-corrected chi connectivity index (χ2v) is 8.05. The molecule has 2 aliphatic heterocycles. The smallest absolute Gasteiger partial charge is 0.368 e. The number of hydrogen-bond acceptors (Lipinski definition) is 5. The Morgan fingerprint density at radius 1 is 1.31 bits per heavy atom. The number of aryl methyl sites for hydroxylation is 1. The molecule has 2 amide bonds. The normalized spacial score (nSPS) is 30.6. The summed E-state index contributed by atoms with van der Waals surface area (Å²) in [4.78, 5) is 39.9. The van der Waals surface area contributed by atoms with Gasteiger partial charge in [0, 0.05) is 19.0 Å². The summed E-state index contributed by atoms with van der Waals surface area (Å²) in [5.41, 5.74) is 0.981. The third kappa shape index (κ3) is 2.65.